The maximum Gasteiger partial charge on any atom is 0.254 e. The summed E-state index contributed by atoms with van der Waals surface area (Å²) in [6, 6.07) is 11.2. The van der Waals surface area contributed by atoms with Gasteiger partial charge in [0.1, 0.15) is 0 Å². The van der Waals surface area contributed by atoms with Crippen molar-refractivity contribution in [2.75, 3.05) is 53.4 Å². The monoisotopic (exact) mass is 426 g/mol. The molecule has 1 saturated heterocycles. The highest BCUT2D eigenvalue weighted by molar-refractivity contribution is 7.10. The molecule has 30 heavy (non-hydrogen) atoms. The molecule has 160 valence electrons. The van der Waals surface area contributed by atoms with Gasteiger partial charge in [-0.2, -0.15) is 0 Å². The lowest BCUT2D eigenvalue weighted by Gasteiger charge is -2.39. The Morgan fingerprint density at radius 2 is 1.87 bits per heavy atom. The zero-order valence-electron chi connectivity index (χ0n) is 17.7. The van der Waals surface area contributed by atoms with Gasteiger partial charge in [0, 0.05) is 50.2 Å². The maximum absolute atomic E-state index is 13.3. The van der Waals surface area contributed by atoms with Crippen LogP contribution in [0, 0.1) is 0 Å². The molecule has 0 bridgehead atoms. The Bertz CT molecular complexity index is 877. The highest BCUT2D eigenvalue weighted by Gasteiger charge is 2.42. The zero-order chi connectivity index (χ0) is 21.1. The maximum atomic E-state index is 13.3. The fourth-order valence-electron chi connectivity index (χ4n) is 4.47. The second-order valence-corrected chi connectivity index (χ2v) is 9.21. The number of amides is 2. The third kappa shape index (κ3) is 4.29. The van der Waals surface area contributed by atoms with Gasteiger partial charge in [0.05, 0.1) is 12.0 Å². The number of likely N-dealkylation sites (N-methyl/N-ethyl adjacent to an activating group) is 2. The van der Waals surface area contributed by atoms with Crippen LogP contribution < -0.4 is 5.32 Å². The van der Waals surface area contributed by atoms with Gasteiger partial charge < -0.3 is 20.0 Å². The van der Waals surface area contributed by atoms with E-state index in [0.717, 1.165) is 49.6 Å². The van der Waals surface area contributed by atoms with Gasteiger partial charge >= 0.3 is 0 Å². The van der Waals surface area contributed by atoms with Crippen LogP contribution in [-0.2, 0) is 4.79 Å². The van der Waals surface area contributed by atoms with Crippen LogP contribution >= 0.6 is 11.3 Å². The van der Waals surface area contributed by atoms with Crippen molar-refractivity contribution in [2.45, 2.75) is 18.4 Å². The summed E-state index contributed by atoms with van der Waals surface area (Å²) in [6.07, 6.45) is 0.933. The molecule has 2 aliphatic rings. The first-order valence-corrected chi connectivity index (χ1v) is 11.5. The SMILES string of the molecule is CN1CCN(CCCNC(=O)C2c3ccccc3C(=O)N(C)C2c2cccs2)CC1. The third-order valence-electron chi connectivity index (χ3n) is 6.24. The van der Waals surface area contributed by atoms with Crippen molar-refractivity contribution in [3.8, 4) is 0 Å². The molecule has 1 aromatic heterocycles. The van der Waals surface area contributed by atoms with E-state index in [2.05, 4.69) is 22.2 Å². The van der Waals surface area contributed by atoms with Gasteiger partial charge in [-0.05, 0) is 43.1 Å². The second kappa shape index (κ2) is 9.29. The largest absolute Gasteiger partial charge is 0.355 e. The van der Waals surface area contributed by atoms with Crippen molar-refractivity contribution < 1.29 is 9.59 Å². The number of nitrogens with one attached hydrogen (secondary N) is 1. The predicted molar refractivity (Wildman–Crippen MR) is 120 cm³/mol. The van der Waals surface area contributed by atoms with Gasteiger partial charge in [-0.3, -0.25) is 9.59 Å². The van der Waals surface area contributed by atoms with Crippen LogP contribution in [0.3, 0.4) is 0 Å². The summed E-state index contributed by atoms with van der Waals surface area (Å²) >= 11 is 1.59. The van der Waals surface area contributed by atoms with E-state index in [4.69, 9.17) is 0 Å². The van der Waals surface area contributed by atoms with Gasteiger partial charge in [0.15, 0.2) is 0 Å². The van der Waals surface area contributed by atoms with Crippen LogP contribution in [0.15, 0.2) is 41.8 Å². The van der Waals surface area contributed by atoms with Gasteiger partial charge in [0.2, 0.25) is 5.91 Å². The molecule has 1 fully saturated rings. The van der Waals surface area contributed by atoms with Crippen LogP contribution in [0.5, 0.6) is 0 Å². The summed E-state index contributed by atoms with van der Waals surface area (Å²) in [4.78, 5) is 33.9. The van der Waals surface area contributed by atoms with Gasteiger partial charge in [0.25, 0.3) is 5.91 Å². The minimum atomic E-state index is -0.397. The van der Waals surface area contributed by atoms with Crippen molar-refractivity contribution >= 4 is 23.2 Å². The molecule has 2 amide bonds. The van der Waals surface area contributed by atoms with Crippen molar-refractivity contribution in [1.82, 2.24) is 20.0 Å². The van der Waals surface area contributed by atoms with E-state index < -0.39 is 5.92 Å². The lowest BCUT2D eigenvalue weighted by molar-refractivity contribution is -0.124. The van der Waals surface area contributed by atoms with Gasteiger partial charge in [-0.15, -0.1) is 11.3 Å². The average Bonchev–Trinajstić information content (AvgIpc) is 3.29. The van der Waals surface area contributed by atoms with E-state index in [1.807, 2.05) is 41.8 Å². The number of hydrogen-bond acceptors (Lipinski definition) is 5. The normalized spacial score (nSPS) is 22.7. The molecular weight excluding hydrogens is 396 g/mol. The Kier molecular flexibility index (Phi) is 6.51. The molecule has 3 heterocycles. The molecule has 0 aliphatic carbocycles. The lowest BCUT2D eigenvalue weighted by Crippen LogP contribution is -2.46. The number of thiophene rings is 1. The van der Waals surface area contributed by atoms with E-state index in [-0.39, 0.29) is 17.9 Å². The molecule has 0 saturated carbocycles. The van der Waals surface area contributed by atoms with E-state index in [1.165, 1.54) is 0 Å². The summed E-state index contributed by atoms with van der Waals surface area (Å²) in [5.41, 5.74) is 1.46. The summed E-state index contributed by atoms with van der Waals surface area (Å²) < 4.78 is 0. The molecule has 2 unspecified atom stereocenters. The summed E-state index contributed by atoms with van der Waals surface area (Å²) in [6.45, 7) is 6.05. The standard InChI is InChI=1S/C23H30N4O2S/c1-25-12-14-27(15-13-25)11-6-10-24-22(28)20-17-7-3-4-8-18(17)23(29)26(2)21(20)19-9-5-16-30-19/h3-5,7-9,16,20-21H,6,10-15H2,1-2H3,(H,24,28). The zero-order valence-corrected chi connectivity index (χ0v) is 18.5. The first kappa shape index (κ1) is 21.0. The minimum Gasteiger partial charge on any atom is -0.355 e. The molecule has 4 rings (SSSR count). The molecule has 1 aromatic carbocycles. The van der Waals surface area contributed by atoms with Gasteiger partial charge in [-0.25, -0.2) is 0 Å². The van der Waals surface area contributed by atoms with E-state index in [0.29, 0.717) is 12.1 Å². The number of rotatable bonds is 6. The first-order valence-electron chi connectivity index (χ1n) is 10.6. The smallest absolute Gasteiger partial charge is 0.254 e. The second-order valence-electron chi connectivity index (χ2n) is 8.23. The quantitative estimate of drug-likeness (QED) is 0.721. The highest BCUT2D eigenvalue weighted by atomic mass is 32.1. The van der Waals surface area contributed by atoms with Crippen molar-refractivity contribution in [2.24, 2.45) is 0 Å². The fraction of sp³-hybridized carbons (Fsp3) is 0.478. The lowest BCUT2D eigenvalue weighted by atomic mass is 9.81. The number of piperazine rings is 1. The predicted octanol–water partition coefficient (Wildman–Crippen LogP) is 2.41. The number of carbonyl (C=O) groups is 2. The van der Waals surface area contributed by atoms with Crippen molar-refractivity contribution in [3.05, 3.63) is 57.8 Å². The highest BCUT2D eigenvalue weighted by Crippen LogP contribution is 2.43. The molecule has 0 spiro atoms. The number of benzene rings is 1. The third-order valence-corrected chi connectivity index (χ3v) is 7.19. The molecular formula is C23H30N4O2S. The molecule has 1 N–H and O–H groups in total. The Morgan fingerprint density at radius 1 is 1.10 bits per heavy atom. The molecule has 2 aliphatic heterocycles. The van der Waals surface area contributed by atoms with E-state index in [9.17, 15) is 9.59 Å². The van der Waals surface area contributed by atoms with Crippen LogP contribution in [0.4, 0.5) is 0 Å². The number of carbonyl (C=O) groups excluding carboxylic acids is 2. The Hall–Kier alpha value is -2.22. The van der Waals surface area contributed by atoms with Crippen LogP contribution in [-0.4, -0.2) is 79.9 Å². The van der Waals surface area contributed by atoms with Crippen molar-refractivity contribution in [1.29, 1.82) is 0 Å². The van der Waals surface area contributed by atoms with E-state index in [1.54, 1.807) is 23.3 Å². The minimum absolute atomic E-state index is 0.00132. The van der Waals surface area contributed by atoms with Crippen LogP contribution in [0.2, 0.25) is 0 Å². The molecule has 6 nitrogen and oxygen atoms in total. The number of nitrogens with zero attached hydrogens (tertiary/aromatic N) is 3. The van der Waals surface area contributed by atoms with Crippen LogP contribution in [0.25, 0.3) is 0 Å². The van der Waals surface area contributed by atoms with Crippen LogP contribution in [0.1, 0.15) is 39.2 Å². The Labute approximate surface area is 182 Å². The average molecular weight is 427 g/mol. The fourth-order valence-corrected chi connectivity index (χ4v) is 5.37. The Balaban J connectivity index is 1.46. The van der Waals surface area contributed by atoms with Crippen molar-refractivity contribution in [3.63, 3.8) is 0 Å². The Morgan fingerprint density at radius 3 is 2.60 bits per heavy atom. The summed E-state index contributed by atoms with van der Waals surface area (Å²) in [7, 11) is 3.96. The number of hydrogen-bond donors (Lipinski definition) is 1. The first-order chi connectivity index (χ1) is 14.6. The molecule has 2 aromatic rings. The summed E-state index contributed by atoms with van der Waals surface area (Å²) in [5, 5.41) is 5.16. The number of fused-ring (bicyclic) bond motifs is 1. The molecule has 7 heteroatoms. The van der Waals surface area contributed by atoms with Gasteiger partial charge in [-0.1, -0.05) is 24.3 Å². The molecule has 0 radical (unpaired) electrons. The topological polar surface area (TPSA) is 55.9 Å². The summed E-state index contributed by atoms with van der Waals surface area (Å²) in [5.74, 6) is -0.423. The molecule has 2 atom stereocenters. The van der Waals surface area contributed by atoms with E-state index >= 15 is 0 Å².